The fourth-order valence-corrected chi connectivity index (χ4v) is 1.40. The Hall–Kier alpha value is -1.92. The van der Waals surface area contributed by atoms with Gasteiger partial charge < -0.3 is 5.11 Å². The molecule has 0 radical (unpaired) electrons. The van der Waals surface area contributed by atoms with Crippen molar-refractivity contribution >= 4 is 0 Å². The molecule has 0 bridgehead atoms. The highest BCUT2D eigenvalue weighted by molar-refractivity contribution is 4.81. The molecule has 6 nitrogen and oxygen atoms in total. The summed E-state index contributed by atoms with van der Waals surface area (Å²) in [5.41, 5.74) is 0. The molecule has 0 heterocycles. The Morgan fingerprint density at radius 3 is 0.643 bits per heavy atom. The molecule has 0 spiro atoms. The van der Waals surface area contributed by atoms with E-state index < -0.39 is 73.6 Å². The highest BCUT2D eigenvalue weighted by Gasteiger charge is 2.79. The Morgan fingerprint density at radius 1 is 0.310 bits per heavy atom. The predicted octanol–water partition coefficient (Wildman–Crippen LogP) is 6.85. The van der Waals surface area contributed by atoms with Crippen LogP contribution in [-0.4, -0.2) is 78.7 Å². The topological polar surface area (TPSA) is 66.4 Å². The summed E-state index contributed by atoms with van der Waals surface area (Å²) in [6, 6.07) is 0. The largest absolute Gasteiger partial charge is 0.483 e. The smallest absolute Gasteiger partial charge is 0.357 e. The van der Waals surface area contributed by atoms with Crippen molar-refractivity contribution in [3.63, 3.8) is 0 Å². The number of aliphatic hydroxyl groups is 1. The third kappa shape index (κ3) is 8.37. The van der Waals surface area contributed by atoms with Crippen LogP contribution in [0.2, 0.25) is 0 Å². The molecule has 0 amide bonds. The molecule has 1 atom stereocenters. The van der Waals surface area contributed by atoms with Gasteiger partial charge in [-0.2, -0.15) is 101 Å². The molecular weight excluding hydrogens is 696 g/mol. The van der Waals surface area contributed by atoms with E-state index in [1.807, 2.05) is 0 Å². The minimum absolute atomic E-state index is 1.14. The fraction of sp³-hybridized carbons (Fsp3) is 1.00. The number of ether oxygens (including phenoxy) is 5. The van der Waals surface area contributed by atoms with E-state index in [1.54, 1.807) is 4.74 Å². The zero-order valence-electron chi connectivity index (χ0n) is 17.6. The summed E-state index contributed by atoms with van der Waals surface area (Å²) in [6.07, 6.45) is -89.6. The molecule has 0 aliphatic heterocycles. The molecule has 1 N–H and O–H groups in total. The molecule has 30 heteroatoms. The van der Waals surface area contributed by atoms with Crippen molar-refractivity contribution in [2.75, 3.05) is 0 Å². The third-order valence-corrected chi connectivity index (χ3v) is 3.25. The van der Waals surface area contributed by atoms with Crippen molar-refractivity contribution < 1.29 is 134 Å². The van der Waals surface area contributed by atoms with E-state index >= 15 is 0 Å². The first kappa shape index (κ1) is 40.1. The van der Waals surface area contributed by atoms with Gasteiger partial charge in [-0.1, -0.05) is 0 Å². The average Bonchev–Trinajstić information content (AvgIpc) is 2.62. The molecule has 1 unspecified atom stereocenters. The second-order valence-electron chi connectivity index (χ2n) is 6.56. The fourth-order valence-electron chi connectivity index (χ4n) is 1.40. The molecule has 0 fully saturated rings. The first-order chi connectivity index (χ1) is 17.7. The summed E-state index contributed by atoms with van der Waals surface area (Å²) in [5.74, 6) is 0. The maximum Gasteiger partial charge on any atom is 0.483 e. The van der Waals surface area contributed by atoms with Crippen molar-refractivity contribution in [2.24, 2.45) is 0 Å². The van der Waals surface area contributed by atoms with E-state index in [-0.39, 0.29) is 0 Å². The molecule has 0 saturated carbocycles. The Kier molecular flexibility index (Phi) is 10.4. The van der Waals surface area contributed by atoms with Gasteiger partial charge in [0.1, 0.15) is 0 Å². The van der Waals surface area contributed by atoms with Gasteiger partial charge in [-0.05, 0) is 0 Å². The number of hydrogen-bond donors (Lipinski definition) is 1. The van der Waals surface area contributed by atoms with E-state index in [0.29, 0.717) is 0 Å². The van der Waals surface area contributed by atoms with E-state index in [9.17, 15) is 105 Å². The first-order valence-electron chi connectivity index (χ1n) is 8.40. The first-order valence-corrected chi connectivity index (χ1v) is 8.40. The van der Waals surface area contributed by atoms with Crippen LogP contribution < -0.4 is 0 Å². The van der Waals surface area contributed by atoms with Crippen LogP contribution in [-0.2, 0) is 23.7 Å². The zero-order valence-corrected chi connectivity index (χ0v) is 17.6. The van der Waals surface area contributed by atoms with E-state index in [1.165, 1.54) is 9.47 Å². The van der Waals surface area contributed by atoms with Gasteiger partial charge in [-0.15, -0.1) is 0 Å². The van der Waals surface area contributed by atoms with Crippen LogP contribution in [0.25, 0.3) is 0 Å². The normalized spacial score (nSPS) is 17.1. The lowest BCUT2D eigenvalue weighted by atomic mass is 10.4. The van der Waals surface area contributed by atoms with Crippen molar-refractivity contribution in [3.05, 3.63) is 0 Å². The molecule has 0 aromatic rings. The lowest BCUT2D eigenvalue weighted by Crippen LogP contribution is -2.61. The highest BCUT2D eigenvalue weighted by Crippen LogP contribution is 2.53. The summed E-state index contributed by atoms with van der Waals surface area (Å²) >= 11 is 0. The monoisotopic (exact) mass is 698 g/mol. The number of hydrogen-bond acceptors (Lipinski definition) is 6. The van der Waals surface area contributed by atoms with Crippen LogP contribution in [0.5, 0.6) is 0 Å². The van der Waals surface area contributed by atoms with Gasteiger partial charge >= 0.3 is 67.3 Å². The van der Waals surface area contributed by atoms with Crippen LogP contribution in [0.1, 0.15) is 0 Å². The molecular formula is C12H2F24O6. The van der Waals surface area contributed by atoms with Crippen molar-refractivity contribution in [3.8, 4) is 0 Å². The summed E-state index contributed by atoms with van der Waals surface area (Å²) < 4.78 is 313. The average molecular weight is 698 g/mol. The van der Waals surface area contributed by atoms with Crippen LogP contribution in [0.15, 0.2) is 0 Å². The van der Waals surface area contributed by atoms with Gasteiger partial charge in [-0.3, -0.25) is 0 Å². The van der Waals surface area contributed by atoms with E-state index in [2.05, 4.69) is 0 Å². The van der Waals surface area contributed by atoms with Crippen LogP contribution >= 0.6 is 0 Å². The quantitative estimate of drug-likeness (QED) is 0.189. The van der Waals surface area contributed by atoms with Crippen LogP contribution in [0.3, 0.4) is 0 Å². The summed E-state index contributed by atoms with van der Waals surface area (Å²) in [6.45, 7) is 0. The lowest BCUT2D eigenvalue weighted by Gasteiger charge is -2.36. The summed E-state index contributed by atoms with van der Waals surface area (Å²) in [4.78, 5) is 0. The number of halogens is 24. The van der Waals surface area contributed by atoms with Gasteiger partial charge in [0.15, 0.2) is 0 Å². The second-order valence-corrected chi connectivity index (χ2v) is 6.56. The Balaban J connectivity index is 6.15. The Bertz CT molecular complexity index is 925. The van der Waals surface area contributed by atoms with Gasteiger partial charge in [-0.25, -0.2) is 28.1 Å². The van der Waals surface area contributed by atoms with E-state index in [4.69, 9.17) is 5.11 Å². The lowest BCUT2D eigenvalue weighted by molar-refractivity contribution is -0.591. The maximum absolute atomic E-state index is 13.2. The third-order valence-electron chi connectivity index (χ3n) is 3.25. The van der Waals surface area contributed by atoms with E-state index in [0.717, 1.165) is 9.47 Å². The summed E-state index contributed by atoms with van der Waals surface area (Å²) in [5, 5.41) is 7.69. The molecule has 0 saturated heterocycles. The molecule has 0 aliphatic rings. The van der Waals surface area contributed by atoms with Crippen molar-refractivity contribution in [1.29, 1.82) is 0 Å². The minimum atomic E-state index is -8.10. The molecule has 0 aromatic heterocycles. The SMILES string of the molecule is OC(F)C(F)(F)OC(F)(F)C(F)(F)OC(F)(F)C(F)(F)OC(F)(F)C(F)(F)OC(F)(F)C(F)(F)OC(F)(F)C(F)(F)F. The number of rotatable bonds is 15. The molecule has 0 aliphatic carbocycles. The van der Waals surface area contributed by atoms with Crippen LogP contribution in [0, 0.1) is 0 Å². The van der Waals surface area contributed by atoms with Gasteiger partial charge in [0.05, 0.1) is 0 Å². The van der Waals surface area contributed by atoms with Crippen molar-refractivity contribution in [2.45, 2.75) is 73.6 Å². The van der Waals surface area contributed by atoms with Gasteiger partial charge in [0, 0.05) is 0 Å². The molecule has 0 rings (SSSR count). The molecule has 42 heavy (non-hydrogen) atoms. The van der Waals surface area contributed by atoms with Gasteiger partial charge in [0.25, 0.3) is 6.36 Å². The number of alkyl halides is 24. The minimum Gasteiger partial charge on any atom is -0.357 e. The van der Waals surface area contributed by atoms with Crippen LogP contribution in [0.4, 0.5) is 105 Å². The zero-order chi connectivity index (χ0) is 34.6. The number of aliphatic hydroxyl groups excluding tert-OH is 1. The maximum atomic E-state index is 13.2. The standard InChI is InChI=1S/C12H2F24O6/c13-1(37)2(14,15)38-5(21,22)6(23,24)40-9(29,30)10(31,32)42-12(35,36)11(33,34)41-8(27,28)7(25,26)39-4(19,20)3(16,17)18/h1,37H. The summed E-state index contributed by atoms with van der Waals surface area (Å²) in [7, 11) is 0. The second kappa shape index (κ2) is 10.9. The highest BCUT2D eigenvalue weighted by atomic mass is 19.4. The van der Waals surface area contributed by atoms with Crippen molar-refractivity contribution in [1.82, 2.24) is 0 Å². The Morgan fingerprint density at radius 2 is 0.476 bits per heavy atom. The molecule has 0 aromatic carbocycles. The molecule has 254 valence electrons. The van der Waals surface area contributed by atoms with Gasteiger partial charge in [0.2, 0.25) is 0 Å². The predicted molar refractivity (Wildman–Crippen MR) is 68.1 cm³/mol. The Labute approximate surface area is 209 Å².